The molecule has 0 radical (unpaired) electrons. The summed E-state index contributed by atoms with van der Waals surface area (Å²) < 4.78 is 13.5. The summed E-state index contributed by atoms with van der Waals surface area (Å²) in [5.41, 5.74) is -0.251. The molecule has 6 nitrogen and oxygen atoms in total. The zero-order valence-electron chi connectivity index (χ0n) is 11.4. The number of carboxylic acids is 1. The number of nitrogens with one attached hydrogen (secondary N) is 2. The minimum atomic E-state index is -1.18. The van der Waals surface area contributed by atoms with E-state index in [1.54, 1.807) is 0 Å². The predicted octanol–water partition coefficient (Wildman–Crippen LogP) is 1.60. The number of carbonyl (C=O) groups is 2. The highest BCUT2D eigenvalue weighted by molar-refractivity contribution is 5.93. The van der Waals surface area contributed by atoms with E-state index in [4.69, 9.17) is 5.11 Å². The highest BCUT2D eigenvalue weighted by Gasteiger charge is 2.10. The lowest BCUT2D eigenvalue weighted by Gasteiger charge is -2.14. The van der Waals surface area contributed by atoms with Crippen LogP contribution in [0.1, 0.15) is 17.3 Å². The Balaban J connectivity index is 2.57. The molecule has 110 valence electrons. The van der Waals surface area contributed by atoms with Gasteiger partial charge in [0.1, 0.15) is 5.82 Å². The van der Waals surface area contributed by atoms with Crippen LogP contribution in [0.25, 0.3) is 0 Å². The van der Waals surface area contributed by atoms with E-state index in [0.29, 0.717) is 13.1 Å². The van der Waals surface area contributed by atoms with E-state index in [1.807, 2.05) is 18.9 Å². The third-order valence-electron chi connectivity index (χ3n) is 2.78. The summed E-state index contributed by atoms with van der Waals surface area (Å²) in [4.78, 5) is 24.3. The number of urea groups is 1. The number of halogens is 1. The van der Waals surface area contributed by atoms with Gasteiger partial charge in [-0.3, -0.25) is 0 Å². The molecule has 0 heterocycles. The molecule has 0 saturated heterocycles. The molecule has 20 heavy (non-hydrogen) atoms. The smallest absolute Gasteiger partial charge is 0.335 e. The van der Waals surface area contributed by atoms with Gasteiger partial charge in [0.25, 0.3) is 0 Å². The van der Waals surface area contributed by atoms with Crippen molar-refractivity contribution in [1.29, 1.82) is 0 Å². The molecule has 0 saturated carbocycles. The fourth-order valence-corrected chi connectivity index (χ4v) is 1.44. The number of carbonyl (C=O) groups excluding carboxylic acids is 1. The number of carboxylic acid groups (broad SMARTS) is 1. The second-order valence-electron chi connectivity index (χ2n) is 4.28. The minimum Gasteiger partial charge on any atom is -0.478 e. The monoisotopic (exact) mass is 283 g/mol. The highest BCUT2D eigenvalue weighted by Crippen LogP contribution is 2.16. The molecule has 7 heteroatoms. The van der Waals surface area contributed by atoms with Gasteiger partial charge in [-0.25, -0.2) is 14.0 Å². The van der Waals surface area contributed by atoms with Gasteiger partial charge in [0.05, 0.1) is 11.3 Å². The van der Waals surface area contributed by atoms with E-state index in [9.17, 15) is 14.0 Å². The summed E-state index contributed by atoms with van der Waals surface area (Å²) in [5, 5.41) is 13.7. The molecule has 1 aromatic carbocycles. The maximum absolute atomic E-state index is 13.5. The van der Waals surface area contributed by atoms with Gasteiger partial charge in [-0.15, -0.1) is 0 Å². The third kappa shape index (κ3) is 4.85. The summed E-state index contributed by atoms with van der Waals surface area (Å²) in [6.45, 7) is 3.93. The van der Waals surface area contributed by atoms with Gasteiger partial charge in [-0.1, -0.05) is 6.92 Å². The van der Waals surface area contributed by atoms with Gasteiger partial charge < -0.3 is 20.6 Å². The first-order chi connectivity index (χ1) is 9.43. The first-order valence-corrected chi connectivity index (χ1v) is 6.20. The lowest BCUT2D eigenvalue weighted by atomic mass is 10.2. The van der Waals surface area contributed by atoms with Gasteiger partial charge in [0.2, 0.25) is 0 Å². The highest BCUT2D eigenvalue weighted by atomic mass is 19.1. The molecule has 0 aliphatic heterocycles. The molecule has 0 aromatic heterocycles. The fraction of sp³-hybridized carbons (Fsp3) is 0.385. The van der Waals surface area contributed by atoms with Crippen molar-refractivity contribution in [3.8, 4) is 0 Å². The molecule has 0 bridgehead atoms. The maximum atomic E-state index is 13.5. The van der Waals surface area contributed by atoms with Crippen molar-refractivity contribution in [3.63, 3.8) is 0 Å². The van der Waals surface area contributed by atoms with Crippen molar-refractivity contribution in [2.45, 2.75) is 6.92 Å². The Labute approximate surface area is 116 Å². The Kier molecular flexibility index (Phi) is 5.92. The summed E-state index contributed by atoms with van der Waals surface area (Å²) in [5.74, 6) is -1.87. The molecule has 0 atom stereocenters. The zero-order chi connectivity index (χ0) is 15.1. The van der Waals surface area contributed by atoms with Crippen LogP contribution in [0.4, 0.5) is 14.9 Å². The average Bonchev–Trinajstić information content (AvgIpc) is 2.40. The molecular formula is C13H18FN3O3. The van der Waals surface area contributed by atoms with Crippen molar-refractivity contribution in [2.24, 2.45) is 0 Å². The standard InChI is InChI=1S/C13H18FN3O3/c1-3-17(2)7-6-15-13(20)16-11-8-9(12(18)19)4-5-10(11)14/h4-5,8H,3,6-7H2,1-2H3,(H,18,19)(H2,15,16,20). The topological polar surface area (TPSA) is 81.7 Å². The predicted molar refractivity (Wildman–Crippen MR) is 73.6 cm³/mol. The summed E-state index contributed by atoms with van der Waals surface area (Å²) in [7, 11) is 1.91. The van der Waals surface area contributed by atoms with Crippen LogP contribution < -0.4 is 10.6 Å². The van der Waals surface area contributed by atoms with Gasteiger partial charge in [-0.05, 0) is 31.8 Å². The van der Waals surface area contributed by atoms with Gasteiger partial charge in [0.15, 0.2) is 0 Å². The van der Waals surface area contributed by atoms with Crippen molar-refractivity contribution in [2.75, 3.05) is 32.0 Å². The molecule has 0 fully saturated rings. The van der Waals surface area contributed by atoms with Gasteiger partial charge in [0, 0.05) is 13.1 Å². The molecule has 0 unspecified atom stereocenters. The Morgan fingerprint density at radius 2 is 2.10 bits per heavy atom. The lowest BCUT2D eigenvalue weighted by Crippen LogP contribution is -2.35. The van der Waals surface area contributed by atoms with Crippen LogP contribution in [0.2, 0.25) is 0 Å². The molecule has 0 aliphatic rings. The zero-order valence-corrected chi connectivity index (χ0v) is 11.4. The van der Waals surface area contributed by atoms with Gasteiger partial charge in [-0.2, -0.15) is 0 Å². The molecule has 0 aliphatic carbocycles. The SMILES string of the molecule is CCN(C)CCNC(=O)Nc1cc(C(=O)O)ccc1F. The fourth-order valence-electron chi connectivity index (χ4n) is 1.44. The van der Waals surface area contributed by atoms with Crippen LogP contribution in [0.15, 0.2) is 18.2 Å². The number of nitrogens with zero attached hydrogens (tertiary/aromatic N) is 1. The van der Waals surface area contributed by atoms with Crippen LogP contribution in [-0.4, -0.2) is 48.7 Å². The van der Waals surface area contributed by atoms with E-state index < -0.39 is 17.8 Å². The van der Waals surface area contributed by atoms with Crippen molar-refractivity contribution < 1.29 is 19.1 Å². The minimum absolute atomic E-state index is 0.0904. The van der Waals surface area contributed by atoms with E-state index in [1.165, 1.54) is 0 Å². The number of aromatic carboxylic acids is 1. The van der Waals surface area contributed by atoms with Crippen LogP contribution in [-0.2, 0) is 0 Å². The first-order valence-electron chi connectivity index (χ1n) is 6.20. The second-order valence-corrected chi connectivity index (χ2v) is 4.28. The van der Waals surface area contributed by atoms with Crippen molar-refractivity contribution >= 4 is 17.7 Å². The Morgan fingerprint density at radius 3 is 2.70 bits per heavy atom. The Bertz CT molecular complexity index is 494. The third-order valence-corrected chi connectivity index (χ3v) is 2.78. The van der Waals surface area contributed by atoms with Crippen LogP contribution in [0.3, 0.4) is 0 Å². The Morgan fingerprint density at radius 1 is 1.40 bits per heavy atom. The number of anilines is 1. The number of amides is 2. The largest absolute Gasteiger partial charge is 0.478 e. The molecule has 1 aromatic rings. The van der Waals surface area contributed by atoms with Crippen LogP contribution in [0, 0.1) is 5.82 Å². The maximum Gasteiger partial charge on any atom is 0.335 e. The van der Waals surface area contributed by atoms with Gasteiger partial charge >= 0.3 is 12.0 Å². The summed E-state index contributed by atoms with van der Waals surface area (Å²) in [6, 6.07) is 2.65. The number of benzene rings is 1. The van der Waals surface area contributed by atoms with E-state index >= 15 is 0 Å². The molecule has 0 spiro atoms. The quantitative estimate of drug-likeness (QED) is 0.740. The van der Waals surface area contributed by atoms with Crippen molar-refractivity contribution in [1.82, 2.24) is 10.2 Å². The van der Waals surface area contributed by atoms with Crippen LogP contribution in [0.5, 0.6) is 0 Å². The second kappa shape index (κ2) is 7.44. The van der Waals surface area contributed by atoms with E-state index in [-0.39, 0.29) is 11.3 Å². The van der Waals surface area contributed by atoms with E-state index in [2.05, 4.69) is 10.6 Å². The lowest BCUT2D eigenvalue weighted by molar-refractivity contribution is 0.0697. The average molecular weight is 283 g/mol. The summed E-state index contributed by atoms with van der Waals surface area (Å²) in [6.07, 6.45) is 0. The van der Waals surface area contributed by atoms with E-state index in [0.717, 1.165) is 24.7 Å². The first kappa shape index (κ1) is 15.9. The molecule has 3 N–H and O–H groups in total. The molecule has 2 amide bonds. The van der Waals surface area contributed by atoms with Crippen molar-refractivity contribution in [3.05, 3.63) is 29.6 Å². The molecule has 1 rings (SSSR count). The number of rotatable bonds is 6. The normalized spacial score (nSPS) is 10.4. The number of hydrogen-bond acceptors (Lipinski definition) is 3. The van der Waals surface area contributed by atoms with Crippen LogP contribution >= 0.6 is 0 Å². The Hall–Kier alpha value is -2.15. The number of likely N-dealkylation sites (N-methyl/N-ethyl adjacent to an activating group) is 1. The molecular weight excluding hydrogens is 265 g/mol. The number of hydrogen-bond donors (Lipinski definition) is 3. The summed E-state index contributed by atoms with van der Waals surface area (Å²) >= 11 is 0.